The molecule has 0 unspecified atom stereocenters. The van der Waals surface area contributed by atoms with Gasteiger partial charge in [-0.15, -0.1) is 0 Å². The first-order valence-corrected chi connectivity index (χ1v) is 5.82. The molecule has 7 nitrogen and oxygen atoms in total. The summed E-state index contributed by atoms with van der Waals surface area (Å²) in [6.45, 7) is 0.0582. The molecule has 0 saturated heterocycles. The van der Waals surface area contributed by atoms with Gasteiger partial charge in [-0.3, -0.25) is 4.79 Å². The van der Waals surface area contributed by atoms with Gasteiger partial charge in [0.1, 0.15) is 5.75 Å². The molecule has 0 fully saturated rings. The van der Waals surface area contributed by atoms with Gasteiger partial charge in [0.05, 0.1) is 30.9 Å². The number of nitrogens with one attached hydrogen (secondary N) is 1. The summed E-state index contributed by atoms with van der Waals surface area (Å²) in [6.07, 6.45) is 0.238. The van der Waals surface area contributed by atoms with Crippen LogP contribution in [0.5, 0.6) is 5.75 Å². The molecular formula is C13H15N3O4. The van der Waals surface area contributed by atoms with Gasteiger partial charge in [-0.2, -0.15) is 5.26 Å². The number of nitrogens with two attached hydrogens (primary N) is 1. The minimum Gasteiger partial charge on any atom is -0.482 e. The third kappa shape index (κ3) is 4.49. The molecule has 1 amide bonds. The fourth-order valence-corrected chi connectivity index (χ4v) is 1.38. The highest BCUT2D eigenvalue weighted by Gasteiger charge is 2.10. The number of amides is 1. The van der Waals surface area contributed by atoms with E-state index < -0.39 is 5.97 Å². The number of anilines is 1. The van der Waals surface area contributed by atoms with E-state index in [-0.39, 0.29) is 31.2 Å². The number of ether oxygens (including phenoxy) is 2. The van der Waals surface area contributed by atoms with Crippen molar-refractivity contribution in [2.24, 2.45) is 0 Å². The second-order valence-corrected chi connectivity index (χ2v) is 3.79. The number of methoxy groups -OCH3 is 1. The van der Waals surface area contributed by atoms with E-state index in [9.17, 15) is 9.59 Å². The molecule has 106 valence electrons. The van der Waals surface area contributed by atoms with Crippen LogP contribution in [0.4, 0.5) is 5.69 Å². The summed E-state index contributed by atoms with van der Waals surface area (Å²) in [7, 11) is 1.27. The highest BCUT2D eigenvalue weighted by molar-refractivity contribution is 5.91. The maximum Gasteiger partial charge on any atom is 0.337 e. The van der Waals surface area contributed by atoms with E-state index in [0.29, 0.717) is 11.3 Å². The molecule has 1 rings (SSSR count). The summed E-state index contributed by atoms with van der Waals surface area (Å²) in [5, 5.41) is 10.8. The number of carbonyl (C=O) groups is 2. The smallest absolute Gasteiger partial charge is 0.337 e. The lowest BCUT2D eigenvalue weighted by molar-refractivity contribution is -0.123. The summed E-state index contributed by atoms with van der Waals surface area (Å²) in [5.41, 5.74) is 6.25. The predicted molar refractivity (Wildman–Crippen MR) is 70.9 cm³/mol. The fourth-order valence-electron chi connectivity index (χ4n) is 1.38. The topological polar surface area (TPSA) is 114 Å². The number of nitrogen functional groups attached to an aromatic ring is 1. The van der Waals surface area contributed by atoms with E-state index in [1.807, 2.05) is 6.07 Å². The Morgan fingerprint density at radius 3 is 2.80 bits per heavy atom. The summed E-state index contributed by atoms with van der Waals surface area (Å²) in [4.78, 5) is 22.6. The van der Waals surface area contributed by atoms with Crippen molar-refractivity contribution in [2.75, 3.05) is 26.0 Å². The molecule has 0 bridgehead atoms. The van der Waals surface area contributed by atoms with Crippen LogP contribution in [0.3, 0.4) is 0 Å². The van der Waals surface area contributed by atoms with Crippen LogP contribution in [-0.4, -0.2) is 32.1 Å². The Morgan fingerprint density at radius 2 is 2.20 bits per heavy atom. The van der Waals surface area contributed by atoms with Crippen LogP contribution in [0, 0.1) is 11.3 Å². The first-order chi connectivity index (χ1) is 9.58. The van der Waals surface area contributed by atoms with E-state index in [4.69, 9.17) is 15.7 Å². The number of rotatable bonds is 6. The maximum absolute atomic E-state index is 11.4. The van der Waals surface area contributed by atoms with Crippen molar-refractivity contribution in [3.8, 4) is 11.8 Å². The summed E-state index contributed by atoms with van der Waals surface area (Å²) in [6, 6.07) is 6.30. The fraction of sp³-hybridized carbons (Fsp3) is 0.308. The molecule has 0 aliphatic carbocycles. The highest BCUT2D eigenvalue weighted by Crippen LogP contribution is 2.22. The van der Waals surface area contributed by atoms with Gasteiger partial charge in [0.25, 0.3) is 5.91 Å². The van der Waals surface area contributed by atoms with Crippen molar-refractivity contribution >= 4 is 17.6 Å². The number of carbonyl (C=O) groups excluding carboxylic acids is 2. The molecule has 20 heavy (non-hydrogen) atoms. The van der Waals surface area contributed by atoms with E-state index in [0.717, 1.165) is 0 Å². The Kier molecular flexibility index (Phi) is 5.84. The van der Waals surface area contributed by atoms with E-state index in [1.165, 1.54) is 25.3 Å². The first kappa shape index (κ1) is 15.3. The largest absolute Gasteiger partial charge is 0.482 e. The zero-order valence-corrected chi connectivity index (χ0v) is 11.0. The standard InChI is InChI=1S/C13H15N3O4/c1-19-13(18)9-3-4-11(10(15)7-9)20-8-12(17)16-6-2-5-14/h3-4,7H,2,6,8,15H2,1H3,(H,16,17). The van der Waals surface area contributed by atoms with E-state index in [2.05, 4.69) is 10.1 Å². The Hall–Kier alpha value is -2.75. The average Bonchev–Trinajstić information content (AvgIpc) is 2.45. The Labute approximate surface area is 116 Å². The molecule has 0 saturated carbocycles. The van der Waals surface area contributed by atoms with Crippen molar-refractivity contribution in [1.29, 1.82) is 5.26 Å². The van der Waals surface area contributed by atoms with Crippen LogP contribution in [0.2, 0.25) is 0 Å². The lowest BCUT2D eigenvalue weighted by Crippen LogP contribution is -2.29. The van der Waals surface area contributed by atoms with Crippen LogP contribution < -0.4 is 15.8 Å². The number of benzene rings is 1. The van der Waals surface area contributed by atoms with Crippen molar-refractivity contribution < 1.29 is 19.1 Å². The number of hydrogen-bond donors (Lipinski definition) is 2. The van der Waals surface area contributed by atoms with Gasteiger partial charge in [0.15, 0.2) is 6.61 Å². The average molecular weight is 277 g/mol. The lowest BCUT2D eigenvalue weighted by atomic mass is 10.2. The molecule has 0 atom stereocenters. The second kappa shape index (κ2) is 7.63. The van der Waals surface area contributed by atoms with Gasteiger partial charge < -0.3 is 20.5 Å². The van der Waals surface area contributed by atoms with Crippen molar-refractivity contribution in [1.82, 2.24) is 5.32 Å². The number of hydrogen-bond acceptors (Lipinski definition) is 6. The Bertz CT molecular complexity index is 537. The van der Waals surface area contributed by atoms with Crippen molar-refractivity contribution in [2.45, 2.75) is 6.42 Å². The molecule has 0 heterocycles. The van der Waals surface area contributed by atoms with Gasteiger partial charge in [0.2, 0.25) is 0 Å². The Morgan fingerprint density at radius 1 is 1.45 bits per heavy atom. The van der Waals surface area contributed by atoms with Crippen LogP contribution in [0.15, 0.2) is 18.2 Å². The molecule has 1 aromatic rings. The number of esters is 1. The molecule has 0 aliphatic rings. The van der Waals surface area contributed by atoms with Crippen molar-refractivity contribution in [3.63, 3.8) is 0 Å². The zero-order chi connectivity index (χ0) is 15.0. The van der Waals surface area contributed by atoms with Gasteiger partial charge in [-0.25, -0.2) is 4.79 Å². The molecule has 0 spiro atoms. The first-order valence-electron chi connectivity index (χ1n) is 5.82. The number of nitriles is 1. The third-order valence-corrected chi connectivity index (χ3v) is 2.35. The quantitative estimate of drug-likeness (QED) is 0.443. The second-order valence-electron chi connectivity index (χ2n) is 3.79. The molecule has 7 heteroatoms. The highest BCUT2D eigenvalue weighted by atomic mass is 16.5. The predicted octanol–water partition coefficient (Wildman–Crippen LogP) is 0.464. The molecule has 1 aromatic carbocycles. The molecule has 0 aromatic heterocycles. The number of nitrogens with zero attached hydrogens (tertiary/aromatic N) is 1. The summed E-state index contributed by atoms with van der Waals surface area (Å²) >= 11 is 0. The minimum absolute atomic E-state index is 0.215. The monoisotopic (exact) mass is 277 g/mol. The molecule has 0 aliphatic heterocycles. The van der Waals surface area contributed by atoms with E-state index in [1.54, 1.807) is 0 Å². The van der Waals surface area contributed by atoms with Crippen LogP contribution in [0.1, 0.15) is 16.8 Å². The lowest BCUT2D eigenvalue weighted by Gasteiger charge is -2.09. The third-order valence-electron chi connectivity index (χ3n) is 2.35. The minimum atomic E-state index is -0.502. The maximum atomic E-state index is 11.4. The van der Waals surface area contributed by atoms with Crippen LogP contribution in [-0.2, 0) is 9.53 Å². The van der Waals surface area contributed by atoms with Crippen LogP contribution >= 0.6 is 0 Å². The van der Waals surface area contributed by atoms with Crippen molar-refractivity contribution in [3.05, 3.63) is 23.8 Å². The SMILES string of the molecule is COC(=O)c1ccc(OCC(=O)NCCC#N)c(N)c1. The Balaban J connectivity index is 2.55. The molecule has 3 N–H and O–H groups in total. The van der Waals surface area contributed by atoms with E-state index >= 15 is 0 Å². The van der Waals surface area contributed by atoms with Gasteiger partial charge >= 0.3 is 5.97 Å². The zero-order valence-electron chi connectivity index (χ0n) is 11.0. The van der Waals surface area contributed by atoms with Crippen LogP contribution in [0.25, 0.3) is 0 Å². The van der Waals surface area contributed by atoms with Gasteiger partial charge in [-0.1, -0.05) is 0 Å². The molecular weight excluding hydrogens is 262 g/mol. The van der Waals surface area contributed by atoms with Gasteiger partial charge in [0, 0.05) is 6.54 Å². The molecule has 0 radical (unpaired) electrons. The van der Waals surface area contributed by atoms with Gasteiger partial charge in [-0.05, 0) is 18.2 Å². The normalized spacial score (nSPS) is 9.40. The summed E-state index contributed by atoms with van der Waals surface area (Å²) in [5.74, 6) is -0.553. The summed E-state index contributed by atoms with van der Waals surface area (Å²) < 4.78 is 9.78.